The maximum Gasteiger partial charge on any atom is 0.333 e. The molecule has 2 fully saturated rings. The Kier molecular flexibility index (Phi) is 49.8. The van der Waals surface area contributed by atoms with Gasteiger partial charge in [0.15, 0.2) is 39.3 Å². The molecule has 2 rings (SSSR count). The molecule has 2 heterocycles. The summed E-state index contributed by atoms with van der Waals surface area (Å²) in [6.45, 7) is 18.7. The SMILES string of the molecule is C=CS(=O)(=O)CCOCCCCC(=O)ON1C(=O)CCC1=O.C=CS(=O)(=O)CCOCCCCC(C)=O.C=CS(=O)(=O)CCOCCCCC(C)=O.CCCS(=O)(=O)CCOCCCCC(C)=O.N=S.O=C1CCC(=O)N1O. The van der Waals surface area contributed by atoms with Crippen molar-refractivity contribution >= 4 is 98.7 Å². The van der Waals surface area contributed by atoms with Gasteiger partial charge in [0.25, 0.3) is 23.6 Å². The molecule has 0 bridgehead atoms. The molecule has 78 heavy (non-hydrogen) atoms. The van der Waals surface area contributed by atoms with Crippen molar-refractivity contribution < 1.29 is 101 Å². The van der Waals surface area contributed by atoms with E-state index in [9.17, 15) is 72.0 Å². The molecule has 4 amide bonds. The third-order valence-corrected chi connectivity index (χ3v) is 15.2. The van der Waals surface area contributed by atoms with Gasteiger partial charge < -0.3 is 38.2 Å². The molecular weight excluding hydrogens is 1130 g/mol. The van der Waals surface area contributed by atoms with Crippen molar-refractivity contribution in [3.05, 3.63) is 36.0 Å². The van der Waals surface area contributed by atoms with Crippen LogP contribution < -0.4 is 0 Å². The lowest BCUT2D eigenvalue weighted by molar-refractivity contribution is -0.197. The largest absolute Gasteiger partial charge is 0.380 e. The van der Waals surface area contributed by atoms with Crippen molar-refractivity contribution in [1.82, 2.24) is 10.1 Å². The second kappa shape index (κ2) is 48.5. The van der Waals surface area contributed by atoms with E-state index in [-0.39, 0.29) is 110 Å². The lowest BCUT2D eigenvalue weighted by atomic mass is 10.2. The Balaban J connectivity index is -0.000000446. The molecule has 0 aromatic heterocycles. The molecule has 2 N–H and O–H groups in total. The minimum atomic E-state index is -3.25. The molecule has 0 aromatic rings. The second-order valence-corrected chi connectivity index (χ2v) is 25.3. The van der Waals surface area contributed by atoms with Crippen molar-refractivity contribution in [1.29, 1.82) is 4.78 Å². The molecule has 452 valence electrons. The number of hydrogen-bond donors (Lipinski definition) is 2. The van der Waals surface area contributed by atoms with E-state index >= 15 is 0 Å². The monoisotopic (exact) mass is 1210 g/mol. The lowest BCUT2D eigenvalue weighted by Crippen LogP contribution is -2.31. The molecule has 0 unspecified atom stereocenters. The number of imide groups is 2. The molecule has 0 aliphatic carbocycles. The number of hydroxylamine groups is 4. The Bertz CT molecular complexity index is 2200. The summed E-state index contributed by atoms with van der Waals surface area (Å²) in [5.74, 6) is -1.99. The Morgan fingerprint density at radius 2 is 0.769 bits per heavy atom. The van der Waals surface area contributed by atoms with Gasteiger partial charge in [-0.05, 0) is 78.6 Å². The topological polar surface area (TPSA) is 370 Å². The van der Waals surface area contributed by atoms with E-state index in [2.05, 4.69) is 37.0 Å². The number of nitrogens with one attached hydrogen (secondary N) is 1. The zero-order valence-electron chi connectivity index (χ0n) is 45.5. The van der Waals surface area contributed by atoms with Crippen LogP contribution in [0.15, 0.2) is 36.0 Å². The summed E-state index contributed by atoms with van der Waals surface area (Å²) in [4.78, 5) is 90.8. The van der Waals surface area contributed by atoms with E-state index in [0.717, 1.165) is 54.7 Å². The normalized spacial score (nSPS) is 13.1. The van der Waals surface area contributed by atoms with Crippen molar-refractivity contribution in [3.8, 4) is 0 Å². The summed E-state index contributed by atoms with van der Waals surface area (Å²) in [6, 6.07) is 0. The molecule has 2 aliphatic rings. The van der Waals surface area contributed by atoms with Crippen molar-refractivity contribution in [2.24, 2.45) is 0 Å². The van der Waals surface area contributed by atoms with Gasteiger partial charge in [-0.1, -0.05) is 26.7 Å². The van der Waals surface area contributed by atoms with E-state index in [4.69, 9.17) is 28.9 Å². The van der Waals surface area contributed by atoms with E-state index in [1.54, 1.807) is 20.8 Å². The standard InChI is InChI=1S/C13H19NO7S.C11H22O4S.2C10H18O4S.C4H5NO3.HNS/c1-2-22(18,19)10-9-20-8-4-3-5-13(17)21-14-11(15)6-7-12(14)16;1-3-9-16(13,14)10-8-15-7-5-4-6-11(2)12;2*1-3-15(12,13)9-8-14-7-5-4-6-10(2)11;6-3-1-2-4(7)5(3)8;1-2/h2H,1,3-10H2;3-10H2,1-2H3;2*3H,1,4-9H2,2H3;8H,1-2H2;1H. The molecule has 2 aliphatic heterocycles. The fraction of sp³-hybridized carbons (Fsp3) is 0.708. The lowest BCUT2D eigenvalue weighted by Gasteiger charge is -2.12. The summed E-state index contributed by atoms with van der Waals surface area (Å²) < 4.78 is 114. The summed E-state index contributed by atoms with van der Waals surface area (Å²) in [6.07, 6.45) is 8.60. The van der Waals surface area contributed by atoms with Crippen LogP contribution in [0.5, 0.6) is 0 Å². The first-order chi connectivity index (χ1) is 36.5. The van der Waals surface area contributed by atoms with Crippen LogP contribution in [-0.4, -0.2) is 178 Å². The Morgan fingerprint density at radius 1 is 0.487 bits per heavy atom. The smallest absolute Gasteiger partial charge is 0.333 e. The number of sulfone groups is 4. The average molecular weight is 1210 g/mol. The first kappa shape index (κ1) is 80.1. The van der Waals surface area contributed by atoms with E-state index in [1.165, 1.54) is 0 Å². The molecule has 0 saturated carbocycles. The first-order valence-electron chi connectivity index (χ1n) is 24.9. The highest BCUT2D eigenvalue weighted by Crippen LogP contribution is 2.13. The molecule has 2 saturated heterocycles. The van der Waals surface area contributed by atoms with Crippen LogP contribution >= 0.6 is 0 Å². The number of ether oxygens (including phenoxy) is 4. The maximum atomic E-state index is 11.4. The highest BCUT2D eigenvalue weighted by atomic mass is 32.2. The molecule has 0 atom stereocenters. The average Bonchev–Trinajstić information content (AvgIpc) is 3.85. The number of carbonyl (C=O) groups excluding carboxylic acids is 8. The maximum absolute atomic E-state index is 11.4. The summed E-state index contributed by atoms with van der Waals surface area (Å²) in [5.41, 5.74) is 0. The number of Topliss-reactive ketones (excluding diaryl/α,β-unsaturated/α-hetero) is 3. The van der Waals surface area contributed by atoms with Gasteiger partial charge in [0.05, 0.1) is 49.4 Å². The summed E-state index contributed by atoms with van der Waals surface area (Å²) in [5, 5.41) is 11.8. The quantitative estimate of drug-likeness (QED) is 0.0492. The van der Waals surface area contributed by atoms with Gasteiger partial charge >= 0.3 is 5.97 Å². The highest BCUT2D eigenvalue weighted by molar-refractivity contribution is 7.94. The zero-order valence-corrected chi connectivity index (χ0v) is 49.6. The molecular formula is C48H83N3O22S5. The molecule has 0 aromatic carbocycles. The van der Waals surface area contributed by atoms with Gasteiger partial charge in [-0.3, -0.25) is 24.4 Å². The Labute approximate surface area is 466 Å². The van der Waals surface area contributed by atoms with Gasteiger partial charge in [0, 0.05) is 112 Å². The predicted molar refractivity (Wildman–Crippen MR) is 292 cm³/mol. The Hall–Kier alpha value is -4.40. The fourth-order valence-electron chi connectivity index (χ4n) is 5.36. The third-order valence-electron chi connectivity index (χ3n) is 9.70. The minimum Gasteiger partial charge on any atom is -0.380 e. The Morgan fingerprint density at radius 3 is 1.03 bits per heavy atom. The number of ketones is 3. The number of rotatable bonds is 38. The van der Waals surface area contributed by atoms with Gasteiger partial charge in [0.2, 0.25) is 0 Å². The number of carbonyl (C=O) groups is 8. The number of amides is 4. The highest BCUT2D eigenvalue weighted by Gasteiger charge is 2.32. The van der Waals surface area contributed by atoms with Crippen LogP contribution in [0, 0.1) is 4.78 Å². The van der Waals surface area contributed by atoms with Crippen molar-refractivity contribution in [2.45, 2.75) is 137 Å². The van der Waals surface area contributed by atoms with Crippen LogP contribution in [0.2, 0.25) is 0 Å². The molecule has 0 radical (unpaired) electrons. The number of unbranched alkanes of at least 4 members (excludes halogenated alkanes) is 4. The van der Waals surface area contributed by atoms with Gasteiger partial charge in [-0.2, -0.15) is 5.06 Å². The molecule has 0 spiro atoms. The van der Waals surface area contributed by atoms with Gasteiger partial charge in [-0.25, -0.2) is 43.2 Å². The summed E-state index contributed by atoms with van der Waals surface area (Å²) in [7, 11) is -12.5. The number of nitrogens with zero attached hydrogens (tertiary/aromatic N) is 2. The van der Waals surface area contributed by atoms with E-state index < -0.39 is 68.9 Å². The second-order valence-electron chi connectivity index (χ2n) is 16.8. The third kappa shape index (κ3) is 52.3. The van der Waals surface area contributed by atoms with Crippen LogP contribution in [0.1, 0.15) is 137 Å². The van der Waals surface area contributed by atoms with E-state index in [0.29, 0.717) is 70.0 Å². The minimum absolute atomic E-state index is 0.0246. The zero-order chi connectivity index (χ0) is 60.6. The number of hydrogen-bond acceptors (Lipinski definition) is 24. The van der Waals surface area contributed by atoms with E-state index in [1.807, 2.05) is 6.92 Å². The molecule has 30 heteroatoms. The van der Waals surface area contributed by atoms with Crippen molar-refractivity contribution in [2.75, 3.05) is 81.6 Å². The fourth-order valence-corrected chi connectivity index (χ4v) is 8.11. The van der Waals surface area contributed by atoms with Crippen LogP contribution in [-0.2, 0) is 114 Å². The van der Waals surface area contributed by atoms with Gasteiger partial charge in [-0.15, -0.1) is 5.06 Å². The predicted octanol–water partition coefficient (Wildman–Crippen LogP) is 4.39. The van der Waals surface area contributed by atoms with Gasteiger partial charge in [0.1, 0.15) is 17.3 Å². The van der Waals surface area contributed by atoms with Crippen LogP contribution in [0.4, 0.5) is 0 Å². The van der Waals surface area contributed by atoms with Crippen LogP contribution in [0.3, 0.4) is 0 Å². The van der Waals surface area contributed by atoms with Crippen LogP contribution in [0.25, 0.3) is 0 Å². The van der Waals surface area contributed by atoms with Crippen molar-refractivity contribution in [3.63, 3.8) is 0 Å². The first-order valence-corrected chi connectivity index (χ1v) is 32.2. The molecule has 25 nitrogen and oxygen atoms in total. The summed E-state index contributed by atoms with van der Waals surface area (Å²) >= 11 is 3.33.